The topological polar surface area (TPSA) is 84.5 Å². The van der Waals surface area contributed by atoms with Crippen LogP contribution in [-0.2, 0) is 9.47 Å². The molecule has 1 unspecified atom stereocenters. The number of hydrazine groups is 1. The molecule has 102 valence electrons. The van der Waals surface area contributed by atoms with Gasteiger partial charge in [-0.3, -0.25) is 10.8 Å². The summed E-state index contributed by atoms with van der Waals surface area (Å²) in [7, 11) is 4.85. The van der Waals surface area contributed by atoms with Crippen molar-refractivity contribution < 1.29 is 9.47 Å². The van der Waals surface area contributed by atoms with Crippen LogP contribution < -0.4 is 11.3 Å². The summed E-state index contributed by atoms with van der Waals surface area (Å²) in [6.07, 6.45) is 4.78. The molecule has 3 N–H and O–H groups in total. The van der Waals surface area contributed by atoms with Crippen LogP contribution in [0.1, 0.15) is 6.92 Å². The minimum absolute atomic E-state index is 0.0178. The highest BCUT2D eigenvalue weighted by Gasteiger charge is 2.12. The first-order valence-electron chi connectivity index (χ1n) is 5.29. The first-order valence-corrected chi connectivity index (χ1v) is 5.29. The lowest BCUT2D eigenvalue weighted by atomic mass is 10.3. The second-order valence-electron chi connectivity index (χ2n) is 3.33. The van der Waals surface area contributed by atoms with Gasteiger partial charge in [-0.25, -0.2) is 0 Å². The van der Waals surface area contributed by atoms with Gasteiger partial charge in [-0.15, -0.1) is 0 Å². The Hall–Kier alpha value is -2.02. The maximum absolute atomic E-state index is 5.16. The molecule has 0 aliphatic heterocycles. The number of nitrogens with two attached hydrogens (primary N) is 1. The zero-order valence-corrected chi connectivity index (χ0v) is 11.3. The van der Waals surface area contributed by atoms with Gasteiger partial charge in [0.1, 0.15) is 0 Å². The quantitative estimate of drug-likeness (QED) is 0.236. The summed E-state index contributed by atoms with van der Waals surface area (Å²) < 4.78 is 10.0. The predicted molar refractivity (Wildman–Crippen MR) is 72.8 cm³/mol. The number of aliphatic imine (C=N–C) groups is 2. The largest absolute Gasteiger partial charge is 0.481 e. The highest BCUT2D eigenvalue weighted by molar-refractivity contribution is 5.79. The molecule has 7 nitrogen and oxygen atoms in total. The number of amidine groups is 1. The molecule has 0 aliphatic carbocycles. The Morgan fingerprint density at radius 1 is 1.44 bits per heavy atom. The smallest absolute Gasteiger partial charge is 0.295 e. The molecule has 0 amide bonds. The van der Waals surface area contributed by atoms with Crippen molar-refractivity contribution in [1.82, 2.24) is 10.3 Å². The summed E-state index contributed by atoms with van der Waals surface area (Å²) >= 11 is 0. The summed E-state index contributed by atoms with van der Waals surface area (Å²) in [5.41, 5.74) is 2.35. The van der Waals surface area contributed by atoms with Gasteiger partial charge in [0.15, 0.2) is 0 Å². The van der Waals surface area contributed by atoms with Crippen molar-refractivity contribution in [3.63, 3.8) is 0 Å². The third kappa shape index (κ3) is 5.90. The molecule has 0 rings (SSSR count). The predicted octanol–water partition coefficient (Wildman–Crippen LogP) is 0.432. The van der Waals surface area contributed by atoms with Gasteiger partial charge in [0.25, 0.3) is 6.02 Å². The summed E-state index contributed by atoms with van der Waals surface area (Å²) in [5, 5.41) is 0. The lowest BCUT2D eigenvalue weighted by molar-refractivity contribution is 0.268. The molecule has 1 atom stereocenters. The molecule has 7 heteroatoms. The number of nitrogens with one attached hydrogen (secondary N) is 1. The van der Waals surface area contributed by atoms with Crippen molar-refractivity contribution in [3.05, 3.63) is 24.9 Å². The van der Waals surface area contributed by atoms with Gasteiger partial charge < -0.3 is 19.8 Å². The van der Waals surface area contributed by atoms with Crippen molar-refractivity contribution in [1.29, 1.82) is 0 Å². The van der Waals surface area contributed by atoms with E-state index in [0.29, 0.717) is 6.02 Å². The fraction of sp³-hybridized carbons (Fsp3) is 0.455. The minimum atomic E-state index is -0.0178. The Bertz CT molecular complexity index is 338. The van der Waals surface area contributed by atoms with Gasteiger partial charge in [0.2, 0.25) is 5.88 Å². The van der Waals surface area contributed by atoms with Crippen molar-refractivity contribution in [3.8, 4) is 0 Å². The number of hydrogen-bond donors (Lipinski definition) is 2. The SMILES string of the molecule is C=C(N=C(OC)N(C)C(C)C=N/C=C\NN)OC. The lowest BCUT2D eigenvalue weighted by Gasteiger charge is -2.23. The Morgan fingerprint density at radius 3 is 2.61 bits per heavy atom. The summed E-state index contributed by atoms with van der Waals surface area (Å²) in [6, 6.07) is 0.373. The molecular weight excluding hydrogens is 234 g/mol. The van der Waals surface area contributed by atoms with Crippen molar-refractivity contribution in [2.75, 3.05) is 21.3 Å². The molecule has 0 aromatic carbocycles. The number of hydrogen-bond acceptors (Lipinski definition) is 6. The molecule has 0 radical (unpaired) electrons. The van der Waals surface area contributed by atoms with Gasteiger partial charge in [0.05, 0.1) is 20.3 Å². The molecule has 0 aliphatic rings. The maximum atomic E-state index is 5.16. The molecule has 0 fully saturated rings. The van der Waals surface area contributed by atoms with E-state index >= 15 is 0 Å². The second kappa shape index (κ2) is 9.06. The average Bonchev–Trinajstić information content (AvgIpc) is 2.39. The van der Waals surface area contributed by atoms with E-state index in [1.54, 1.807) is 17.3 Å². The average molecular weight is 255 g/mol. The Kier molecular flexibility index (Phi) is 8.04. The zero-order valence-electron chi connectivity index (χ0n) is 11.3. The number of rotatable bonds is 6. The minimum Gasteiger partial charge on any atom is -0.481 e. The number of methoxy groups -OCH3 is 2. The number of ether oxygens (including phenoxy) is 2. The van der Waals surface area contributed by atoms with Crippen molar-refractivity contribution in [2.45, 2.75) is 13.0 Å². The van der Waals surface area contributed by atoms with Crippen molar-refractivity contribution in [2.24, 2.45) is 15.8 Å². The fourth-order valence-corrected chi connectivity index (χ4v) is 0.955. The number of nitrogens with zero attached hydrogens (tertiary/aromatic N) is 3. The molecule has 0 spiro atoms. The van der Waals surface area contributed by atoms with Crippen LogP contribution in [0, 0.1) is 0 Å². The van der Waals surface area contributed by atoms with Crippen LogP contribution >= 0.6 is 0 Å². The molecule has 0 saturated carbocycles. The van der Waals surface area contributed by atoms with Gasteiger partial charge in [-0.05, 0) is 13.5 Å². The highest BCUT2D eigenvalue weighted by Crippen LogP contribution is 2.01. The standard InChI is InChI=1S/C11H21N5O2/c1-9(8-13-6-7-14-12)16(3)11(18-5)15-10(2)17-4/h6-9,14H,2,12H2,1,3-5H3/b7-6-,13-8?,15-11?. The first-order chi connectivity index (χ1) is 8.56. The summed E-state index contributed by atoms with van der Waals surface area (Å²) in [6.45, 7) is 5.55. The first kappa shape index (κ1) is 16.0. The van der Waals surface area contributed by atoms with E-state index in [9.17, 15) is 0 Å². The monoisotopic (exact) mass is 255 g/mol. The van der Waals surface area contributed by atoms with Gasteiger partial charge in [-0.1, -0.05) is 0 Å². The van der Waals surface area contributed by atoms with Gasteiger partial charge >= 0.3 is 0 Å². The third-order valence-electron chi connectivity index (χ3n) is 2.11. The van der Waals surface area contributed by atoms with Crippen LogP contribution in [0.25, 0.3) is 0 Å². The van der Waals surface area contributed by atoms with Gasteiger partial charge in [0, 0.05) is 25.7 Å². The zero-order chi connectivity index (χ0) is 14.0. The molecule has 0 aromatic rings. The van der Waals surface area contributed by atoms with Crippen molar-refractivity contribution >= 4 is 12.2 Å². The van der Waals surface area contributed by atoms with Crippen LogP contribution in [0.2, 0.25) is 0 Å². The van der Waals surface area contributed by atoms with E-state index in [1.165, 1.54) is 20.4 Å². The summed E-state index contributed by atoms with van der Waals surface area (Å²) in [4.78, 5) is 9.90. The van der Waals surface area contributed by atoms with Crippen LogP contribution in [-0.4, -0.2) is 44.4 Å². The lowest BCUT2D eigenvalue weighted by Crippen LogP contribution is -2.37. The molecule has 0 saturated heterocycles. The van der Waals surface area contributed by atoms with Crippen LogP contribution in [0.5, 0.6) is 0 Å². The van der Waals surface area contributed by atoms with E-state index in [0.717, 1.165) is 0 Å². The normalized spacial score (nSPS) is 13.7. The Morgan fingerprint density at radius 2 is 2.11 bits per heavy atom. The van der Waals surface area contributed by atoms with E-state index in [2.05, 4.69) is 22.0 Å². The van der Waals surface area contributed by atoms with E-state index < -0.39 is 0 Å². The highest BCUT2D eigenvalue weighted by atomic mass is 16.5. The Balaban J connectivity index is 4.63. The van der Waals surface area contributed by atoms with E-state index in [-0.39, 0.29) is 11.9 Å². The molecule has 0 bridgehead atoms. The Labute approximate surface area is 108 Å². The van der Waals surface area contributed by atoms with E-state index in [4.69, 9.17) is 15.3 Å². The van der Waals surface area contributed by atoms with Crippen LogP contribution in [0.4, 0.5) is 0 Å². The third-order valence-corrected chi connectivity index (χ3v) is 2.11. The molecular formula is C11H21N5O2. The van der Waals surface area contributed by atoms with Crippen LogP contribution in [0.15, 0.2) is 34.8 Å². The second-order valence-corrected chi connectivity index (χ2v) is 3.33. The molecule has 18 heavy (non-hydrogen) atoms. The van der Waals surface area contributed by atoms with Crippen LogP contribution in [0.3, 0.4) is 0 Å². The molecule has 0 heterocycles. The fourth-order valence-electron chi connectivity index (χ4n) is 0.955. The van der Waals surface area contributed by atoms with E-state index in [1.807, 2.05) is 14.0 Å². The summed E-state index contributed by atoms with van der Waals surface area (Å²) in [5.74, 6) is 5.33. The van der Waals surface area contributed by atoms with Gasteiger partial charge in [-0.2, -0.15) is 4.99 Å². The molecule has 0 aromatic heterocycles. The maximum Gasteiger partial charge on any atom is 0.295 e.